The first kappa shape index (κ1) is 17.5. The van der Waals surface area contributed by atoms with Crippen molar-refractivity contribution in [2.75, 3.05) is 25.6 Å². The smallest absolute Gasteiger partial charge is 0.323 e. The lowest BCUT2D eigenvalue weighted by molar-refractivity contribution is 0.178. The molecule has 0 spiro atoms. The number of nitrogens with zero attached hydrogens (tertiary/aromatic N) is 3. The van der Waals surface area contributed by atoms with Crippen molar-refractivity contribution in [2.45, 2.75) is 45.2 Å². The Kier molecular flexibility index (Phi) is 5.75. The Morgan fingerprint density at radius 2 is 2.24 bits per heavy atom. The molecule has 1 aliphatic heterocycles. The summed E-state index contributed by atoms with van der Waals surface area (Å²) in [5, 5.41) is 7.28. The molecule has 2 amide bonds. The molecule has 0 bridgehead atoms. The Morgan fingerprint density at radius 1 is 1.36 bits per heavy atom. The topological polar surface area (TPSA) is 72.5 Å². The summed E-state index contributed by atoms with van der Waals surface area (Å²) in [4.78, 5) is 14.7. The number of furan rings is 1. The van der Waals surface area contributed by atoms with Crippen LogP contribution >= 0.6 is 0 Å². The van der Waals surface area contributed by atoms with Crippen molar-refractivity contribution in [3.63, 3.8) is 0 Å². The summed E-state index contributed by atoms with van der Waals surface area (Å²) in [6, 6.07) is 5.58. The molecule has 25 heavy (non-hydrogen) atoms. The lowest BCUT2D eigenvalue weighted by Gasteiger charge is -2.28. The molecule has 0 unspecified atom stereocenters. The fourth-order valence-corrected chi connectivity index (χ4v) is 3.20. The maximum Gasteiger partial charge on any atom is 0.323 e. The molecule has 0 aliphatic carbocycles. The van der Waals surface area contributed by atoms with E-state index in [-0.39, 0.29) is 12.1 Å². The SMILES string of the molecule is COCCn1ccc(NC(=O)N2CCCCC[C@@H]2c2ccc(C)o2)n1. The second-order valence-electron chi connectivity index (χ2n) is 6.39. The van der Waals surface area contributed by atoms with E-state index in [0.717, 1.165) is 43.7 Å². The minimum Gasteiger partial charge on any atom is -0.464 e. The Morgan fingerprint density at radius 3 is 3.00 bits per heavy atom. The van der Waals surface area contributed by atoms with Crippen molar-refractivity contribution in [3.8, 4) is 0 Å². The number of hydrogen-bond acceptors (Lipinski definition) is 4. The summed E-state index contributed by atoms with van der Waals surface area (Å²) in [5.41, 5.74) is 0. The van der Waals surface area contributed by atoms with Gasteiger partial charge in [-0.05, 0) is 31.9 Å². The highest BCUT2D eigenvalue weighted by Gasteiger charge is 2.29. The van der Waals surface area contributed by atoms with Crippen molar-refractivity contribution in [2.24, 2.45) is 0 Å². The molecule has 0 saturated carbocycles. The number of nitrogens with one attached hydrogen (secondary N) is 1. The summed E-state index contributed by atoms with van der Waals surface area (Å²) in [5.74, 6) is 2.29. The molecule has 136 valence electrons. The Hall–Kier alpha value is -2.28. The molecule has 2 aromatic heterocycles. The standard InChI is InChI=1S/C18H26N4O3/c1-14-7-8-16(25-14)15-6-4-3-5-10-22(15)18(23)19-17-9-11-21(20-17)12-13-24-2/h7-9,11,15H,3-6,10,12-13H2,1-2H3,(H,19,20,23)/t15-/m1/s1. The summed E-state index contributed by atoms with van der Waals surface area (Å²) in [6.45, 7) is 3.89. The maximum atomic E-state index is 12.8. The molecule has 7 heteroatoms. The number of anilines is 1. The van der Waals surface area contributed by atoms with Crippen molar-refractivity contribution >= 4 is 11.8 Å². The van der Waals surface area contributed by atoms with Gasteiger partial charge >= 0.3 is 6.03 Å². The van der Waals surface area contributed by atoms with Crippen molar-refractivity contribution < 1.29 is 13.9 Å². The van der Waals surface area contributed by atoms with Gasteiger partial charge < -0.3 is 14.1 Å². The zero-order chi connectivity index (χ0) is 17.6. The van der Waals surface area contributed by atoms with Crippen LogP contribution in [0.3, 0.4) is 0 Å². The summed E-state index contributed by atoms with van der Waals surface area (Å²) in [7, 11) is 1.65. The van der Waals surface area contributed by atoms with Crippen LogP contribution in [0, 0.1) is 6.92 Å². The van der Waals surface area contributed by atoms with Crippen molar-refractivity contribution in [3.05, 3.63) is 35.9 Å². The van der Waals surface area contributed by atoms with Crippen LogP contribution in [0.2, 0.25) is 0 Å². The number of hydrogen-bond donors (Lipinski definition) is 1. The van der Waals surface area contributed by atoms with E-state index in [9.17, 15) is 4.79 Å². The Labute approximate surface area is 147 Å². The number of aryl methyl sites for hydroxylation is 1. The van der Waals surface area contributed by atoms with Crippen molar-refractivity contribution in [1.29, 1.82) is 0 Å². The zero-order valence-corrected chi connectivity index (χ0v) is 14.9. The second-order valence-corrected chi connectivity index (χ2v) is 6.39. The number of aromatic nitrogens is 2. The van der Waals surface area contributed by atoms with Gasteiger partial charge in [0.15, 0.2) is 5.82 Å². The number of methoxy groups -OCH3 is 1. The molecule has 1 saturated heterocycles. The molecule has 7 nitrogen and oxygen atoms in total. The highest BCUT2D eigenvalue weighted by atomic mass is 16.5. The number of carbonyl (C=O) groups is 1. The predicted molar refractivity (Wildman–Crippen MR) is 94.5 cm³/mol. The number of rotatable bonds is 5. The first-order chi connectivity index (χ1) is 12.2. The second kappa shape index (κ2) is 8.20. The van der Waals surface area contributed by atoms with E-state index in [1.807, 2.05) is 30.2 Å². The van der Waals surface area contributed by atoms with Crippen LogP contribution < -0.4 is 5.32 Å². The summed E-state index contributed by atoms with van der Waals surface area (Å²) >= 11 is 0. The van der Waals surface area contributed by atoms with Crippen LogP contribution in [0.15, 0.2) is 28.8 Å². The first-order valence-corrected chi connectivity index (χ1v) is 8.83. The predicted octanol–water partition coefficient (Wildman–Crippen LogP) is 3.58. The molecular weight excluding hydrogens is 320 g/mol. The first-order valence-electron chi connectivity index (χ1n) is 8.83. The fraction of sp³-hybridized carbons (Fsp3) is 0.556. The Bertz CT molecular complexity index is 694. The van der Waals surface area contributed by atoms with E-state index in [0.29, 0.717) is 19.0 Å². The van der Waals surface area contributed by atoms with Gasteiger partial charge in [-0.1, -0.05) is 12.8 Å². The monoisotopic (exact) mass is 346 g/mol. The number of ether oxygens (including phenoxy) is 1. The van der Waals surface area contributed by atoms with E-state index in [2.05, 4.69) is 10.4 Å². The van der Waals surface area contributed by atoms with Gasteiger partial charge in [-0.2, -0.15) is 5.10 Å². The molecule has 0 radical (unpaired) electrons. The van der Waals surface area contributed by atoms with Gasteiger partial charge in [0.1, 0.15) is 11.5 Å². The molecule has 1 N–H and O–H groups in total. The third kappa shape index (κ3) is 4.42. The number of amides is 2. The van der Waals surface area contributed by atoms with Crippen LogP contribution in [0.25, 0.3) is 0 Å². The Balaban J connectivity index is 1.70. The van der Waals surface area contributed by atoms with Gasteiger partial charge in [-0.15, -0.1) is 0 Å². The molecule has 3 heterocycles. The largest absolute Gasteiger partial charge is 0.464 e. The number of likely N-dealkylation sites (tertiary alicyclic amines) is 1. The van der Waals surface area contributed by atoms with Crippen LogP contribution in [0.1, 0.15) is 43.2 Å². The average Bonchev–Trinajstić information content (AvgIpc) is 3.14. The van der Waals surface area contributed by atoms with E-state index >= 15 is 0 Å². The normalized spacial score (nSPS) is 18.2. The highest BCUT2D eigenvalue weighted by Crippen LogP contribution is 2.31. The van der Waals surface area contributed by atoms with Gasteiger partial charge in [0.25, 0.3) is 0 Å². The zero-order valence-electron chi connectivity index (χ0n) is 14.9. The fourth-order valence-electron chi connectivity index (χ4n) is 3.20. The van der Waals surface area contributed by atoms with Crippen LogP contribution in [-0.2, 0) is 11.3 Å². The minimum atomic E-state index is -0.127. The van der Waals surface area contributed by atoms with Gasteiger partial charge in [0.2, 0.25) is 0 Å². The molecule has 3 rings (SSSR count). The molecule has 0 aromatic carbocycles. The summed E-state index contributed by atoms with van der Waals surface area (Å²) < 4.78 is 12.6. The quantitative estimate of drug-likeness (QED) is 0.898. The number of carbonyl (C=O) groups excluding carboxylic acids is 1. The molecule has 1 aliphatic rings. The van der Waals surface area contributed by atoms with E-state index in [1.165, 1.54) is 0 Å². The van der Waals surface area contributed by atoms with Gasteiger partial charge in [0.05, 0.1) is 19.2 Å². The molecule has 1 atom stereocenters. The highest BCUT2D eigenvalue weighted by molar-refractivity contribution is 5.88. The maximum absolute atomic E-state index is 12.8. The number of urea groups is 1. The van der Waals surface area contributed by atoms with Crippen LogP contribution in [0.4, 0.5) is 10.6 Å². The van der Waals surface area contributed by atoms with Crippen LogP contribution in [-0.4, -0.2) is 41.0 Å². The van der Waals surface area contributed by atoms with Gasteiger partial charge in [-0.3, -0.25) is 10.00 Å². The lowest BCUT2D eigenvalue weighted by Crippen LogP contribution is -2.38. The molecule has 1 fully saturated rings. The van der Waals surface area contributed by atoms with Gasteiger partial charge in [0, 0.05) is 25.9 Å². The summed E-state index contributed by atoms with van der Waals surface area (Å²) in [6.07, 6.45) is 5.99. The van der Waals surface area contributed by atoms with Gasteiger partial charge in [-0.25, -0.2) is 4.79 Å². The van der Waals surface area contributed by atoms with Crippen molar-refractivity contribution in [1.82, 2.24) is 14.7 Å². The third-order valence-electron chi connectivity index (χ3n) is 4.50. The minimum absolute atomic E-state index is 0.0215. The third-order valence-corrected chi connectivity index (χ3v) is 4.50. The van der Waals surface area contributed by atoms with Crippen LogP contribution in [0.5, 0.6) is 0 Å². The van der Waals surface area contributed by atoms with E-state index < -0.39 is 0 Å². The molecule has 2 aromatic rings. The average molecular weight is 346 g/mol. The van der Waals surface area contributed by atoms with E-state index in [4.69, 9.17) is 9.15 Å². The lowest BCUT2D eigenvalue weighted by atomic mass is 10.1. The molecular formula is C18H26N4O3. The van der Waals surface area contributed by atoms with E-state index in [1.54, 1.807) is 17.9 Å².